The lowest BCUT2D eigenvalue weighted by atomic mass is 10.00. The van der Waals surface area contributed by atoms with Crippen molar-refractivity contribution in [2.24, 2.45) is 5.92 Å². The van der Waals surface area contributed by atoms with Crippen LogP contribution in [0.4, 0.5) is 11.5 Å². The molecule has 1 unspecified atom stereocenters. The largest absolute Gasteiger partial charge is 0.491 e. The molecule has 180 valence electrons. The Morgan fingerprint density at radius 1 is 1.27 bits per heavy atom. The van der Waals surface area contributed by atoms with Gasteiger partial charge in [0.15, 0.2) is 0 Å². The average molecular weight is 456 g/mol. The maximum Gasteiger partial charge on any atom is 0.137 e. The number of pyridine rings is 1. The Labute approximate surface area is 196 Å². The van der Waals surface area contributed by atoms with Crippen LogP contribution < -0.4 is 20.7 Å². The number of ether oxygens (including phenoxy) is 2. The van der Waals surface area contributed by atoms with E-state index in [1.54, 1.807) is 7.05 Å². The van der Waals surface area contributed by atoms with Gasteiger partial charge in [0.25, 0.3) is 0 Å². The second kappa shape index (κ2) is 12.5. The van der Waals surface area contributed by atoms with E-state index in [1.165, 1.54) is 6.21 Å². The molecule has 0 radical (unpaired) electrons. The van der Waals surface area contributed by atoms with Crippen LogP contribution in [0.1, 0.15) is 32.3 Å². The number of hydrogen-bond acceptors (Lipinski definition) is 8. The van der Waals surface area contributed by atoms with Crippen LogP contribution in [0.2, 0.25) is 0 Å². The number of anilines is 2. The molecule has 0 aliphatic carbocycles. The van der Waals surface area contributed by atoms with Gasteiger partial charge in [-0.2, -0.15) is 0 Å². The molecule has 1 atom stereocenters. The highest BCUT2D eigenvalue weighted by Crippen LogP contribution is 2.31. The number of benzene rings is 1. The van der Waals surface area contributed by atoms with Crippen LogP contribution in [0.25, 0.3) is 11.3 Å². The molecule has 1 fully saturated rings. The zero-order valence-corrected chi connectivity index (χ0v) is 19.9. The summed E-state index contributed by atoms with van der Waals surface area (Å²) in [4.78, 5) is 4.84. The Morgan fingerprint density at radius 2 is 2.06 bits per heavy atom. The van der Waals surface area contributed by atoms with Gasteiger partial charge < -0.3 is 35.9 Å². The quantitative estimate of drug-likeness (QED) is 0.312. The molecule has 5 N–H and O–H groups in total. The third-order valence-electron chi connectivity index (χ3n) is 5.56. The Balaban J connectivity index is 1.87. The highest BCUT2D eigenvalue weighted by Gasteiger charge is 2.17. The number of rotatable bonds is 12. The summed E-state index contributed by atoms with van der Waals surface area (Å²) >= 11 is 0. The summed E-state index contributed by atoms with van der Waals surface area (Å²) < 4.78 is 11.3. The van der Waals surface area contributed by atoms with E-state index in [-0.39, 0.29) is 12.6 Å². The van der Waals surface area contributed by atoms with E-state index in [1.807, 2.05) is 30.3 Å². The first-order valence-corrected chi connectivity index (χ1v) is 11.7. The highest BCUT2D eigenvalue weighted by molar-refractivity contribution is 5.93. The molecule has 0 spiro atoms. The maximum absolute atomic E-state index is 9.93. The molecule has 0 saturated carbocycles. The van der Waals surface area contributed by atoms with Crippen LogP contribution in [0.3, 0.4) is 0 Å². The van der Waals surface area contributed by atoms with Gasteiger partial charge in [0, 0.05) is 49.8 Å². The van der Waals surface area contributed by atoms with Crippen molar-refractivity contribution >= 4 is 17.7 Å². The SMILES string of the molecule is CNCC(O)COc1cccc(-c2cc(NCC3CCOCC3)c(C=N)c(NC(C)C)n2)c1. The second-order valence-corrected chi connectivity index (χ2v) is 8.75. The molecule has 33 heavy (non-hydrogen) atoms. The van der Waals surface area contributed by atoms with Crippen molar-refractivity contribution in [1.82, 2.24) is 10.3 Å². The van der Waals surface area contributed by atoms with E-state index in [4.69, 9.17) is 19.9 Å². The van der Waals surface area contributed by atoms with Crippen LogP contribution in [-0.2, 0) is 4.74 Å². The number of nitrogens with one attached hydrogen (secondary N) is 4. The van der Waals surface area contributed by atoms with Crippen LogP contribution >= 0.6 is 0 Å². The second-order valence-electron chi connectivity index (χ2n) is 8.75. The molecule has 1 aromatic carbocycles. The van der Waals surface area contributed by atoms with E-state index in [0.717, 1.165) is 55.1 Å². The summed E-state index contributed by atoms with van der Waals surface area (Å²) in [5, 5.41) is 27.8. The number of aliphatic hydroxyl groups is 1. The van der Waals surface area contributed by atoms with Crippen molar-refractivity contribution in [3.8, 4) is 17.0 Å². The molecule has 2 aromatic rings. The van der Waals surface area contributed by atoms with Gasteiger partial charge in [-0.3, -0.25) is 0 Å². The van der Waals surface area contributed by atoms with Gasteiger partial charge in [-0.1, -0.05) is 12.1 Å². The first-order valence-electron chi connectivity index (χ1n) is 11.7. The van der Waals surface area contributed by atoms with Crippen LogP contribution in [0.15, 0.2) is 30.3 Å². The lowest BCUT2D eigenvalue weighted by Gasteiger charge is -2.24. The molecule has 3 rings (SSSR count). The first-order chi connectivity index (χ1) is 16.0. The molecule has 1 aliphatic heterocycles. The summed E-state index contributed by atoms with van der Waals surface area (Å²) in [5.41, 5.74) is 3.34. The van der Waals surface area contributed by atoms with Gasteiger partial charge in [-0.05, 0) is 57.9 Å². The standard InChI is InChI=1S/C25H37N5O3/c1-17(2)29-25-22(13-26)24(28-14-18-7-9-32-10-8-18)12-23(30-25)19-5-4-6-21(11-19)33-16-20(31)15-27-3/h4-6,11-13,17-18,20,26-27,31H,7-10,14-16H2,1-3H3,(H2,28,29,30). The Morgan fingerprint density at radius 3 is 2.76 bits per heavy atom. The summed E-state index contributed by atoms with van der Waals surface area (Å²) in [6, 6.07) is 9.90. The minimum absolute atomic E-state index is 0.179. The Bertz CT molecular complexity index is 900. The predicted octanol–water partition coefficient (Wildman–Crippen LogP) is 3.36. The topological polar surface area (TPSA) is 112 Å². The van der Waals surface area contributed by atoms with E-state index >= 15 is 0 Å². The first kappa shape index (κ1) is 25.0. The van der Waals surface area contributed by atoms with Crippen molar-refractivity contribution in [2.45, 2.75) is 38.8 Å². The van der Waals surface area contributed by atoms with Gasteiger partial charge in [0.05, 0.1) is 11.3 Å². The maximum atomic E-state index is 9.93. The molecular weight excluding hydrogens is 418 g/mol. The van der Waals surface area contributed by atoms with Gasteiger partial charge in [-0.25, -0.2) is 4.98 Å². The molecule has 1 aliphatic rings. The van der Waals surface area contributed by atoms with Crippen LogP contribution in [-0.4, -0.2) is 68.4 Å². The van der Waals surface area contributed by atoms with Crippen molar-refractivity contribution in [3.05, 3.63) is 35.9 Å². The van der Waals surface area contributed by atoms with Gasteiger partial charge in [-0.15, -0.1) is 0 Å². The van der Waals surface area contributed by atoms with Crippen molar-refractivity contribution in [3.63, 3.8) is 0 Å². The van der Waals surface area contributed by atoms with Crippen LogP contribution in [0, 0.1) is 11.3 Å². The molecule has 0 amide bonds. The normalized spacial score (nSPS) is 15.3. The lowest BCUT2D eigenvalue weighted by Crippen LogP contribution is -2.29. The minimum Gasteiger partial charge on any atom is -0.491 e. The minimum atomic E-state index is -0.577. The molecule has 1 aromatic heterocycles. The summed E-state index contributed by atoms with van der Waals surface area (Å²) in [6.45, 7) is 7.25. The summed E-state index contributed by atoms with van der Waals surface area (Å²) in [5.74, 6) is 1.91. The molecule has 0 bridgehead atoms. The molecule has 1 saturated heterocycles. The smallest absolute Gasteiger partial charge is 0.137 e. The van der Waals surface area contributed by atoms with Gasteiger partial charge in [0.1, 0.15) is 24.3 Å². The number of likely N-dealkylation sites (N-methyl/N-ethyl adjacent to an activating group) is 1. The third-order valence-corrected chi connectivity index (χ3v) is 5.56. The van der Waals surface area contributed by atoms with Crippen molar-refractivity contribution in [2.75, 3.05) is 50.6 Å². The fourth-order valence-electron chi connectivity index (χ4n) is 3.82. The van der Waals surface area contributed by atoms with Gasteiger partial charge in [0.2, 0.25) is 0 Å². The van der Waals surface area contributed by atoms with E-state index in [0.29, 0.717) is 24.0 Å². The summed E-state index contributed by atoms with van der Waals surface area (Å²) in [6.07, 6.45) is 2.87. The fraction of sp³-hybridized carbons (Fsp3) is 0.520. The van der Waals surface area contributed by atoms with Gasteiger partial charge >= 0.3 is 0 Å². The predicted molar refractivity (Wildman–Crippen MR) is 134 cm³/mol. The monoisotopic (exact) mass is 455 g/mol. The number of nitrogens with zero attached hydrogens (tertiary/aromatic N) is 1. The Kier molecular flexibility index (Phi) is 9.47. The molecule has 8 heteroatoms. The number of hydrogen-bond donors (Lipinski definition) is 5. The van der Waals surface area contributed by atoms with Crippen LogP contribution in [0.5, 0.6) is 5.75 Å². The Hall–Kier alpha value is -2.68. The van der Waals surface area contributed by atoms with Crippen molar-refractivity contribution < 1.29 is 14.6 Å². The zero-order chi connectivity index (χ0) is 23.6. The lowest BCUT2D eigenvalue weighted by molar-refractivity contribution is 0.0699. The number of aromatic nitrogens is 1. The molecule has 2 heterocycles. The summed E-state index contributed by atoms with van der Waals surface area (Å²) in [7, 11) is 1.80. The highest BCUT2D eigenvalue weighted by atomic mass is 16.5. The molecule has 8 nitrogen and oxygen atoms in total. The van der Waals surface area contributed by atoms with E-state index < -0.39 is 6.10 Å². The average Bonchev–Trinajstić information content (AvgIpc) is 2.82. The fourth-order valence-corrected chi connectivity index (χ4v) is 3.82. The van der Waals surface area contributed by atoms with Crippen molar-refractivity contribution in [1.29, 1.82) is 5.41 Å². The third kappa shape index (κ3) is 7.42. The number of aliphatic hydroxyl groups excluding tert-OH is 1. The van der Waals surface area contributed by atoms with E-state index in [2.05, 4.69) is 29.8 Å². The molecular formula is C25H37N5O3. The zero-order valence-electron chi connectivity index (χ0n) is 19.9. The van der Waals surface area contributed by atoms with E-state index in [9.17, 15) is 5.11 Å².